The molecule has 0 fully saturated rings. The summed E-state index contributed by atoms with van der Waals surface area (Å²) < 4.78 is 43.4. The number of alkyl halides is 3. The van der Waals surface area contributed by atoms with Gasteiger partial charge in [0.15, 0.2) is 0 Å². The Kier molecular flexibility index (Phi) is 5.85. The average Bonchev–Trinajstić information content (AvgIpc) is 2.36. The van der Waals surface area contributed by atoms with Gasteiger partial charge in [0.25, 0.3) is 0 Å². The molecule has 1 aromatic rings. The fraction of sp³-hybridized carbons (Fsp3) is 0.500. The van der Waals surface area contributed by atoms with E-state index in [1.807, 2.05) is 13.8 Å². The molecule has 1 N–H and O–H groups in total. The number of benzene rings is 1. The van der Waals surface area contributed by atoms with Crippen molar-refractivity contribution in [2.24, 2.45) is 0 Å². The fourth-order valence-electron chi connectivity index (χ4n) is 1.58. The molecule has 0 unspecified atom stereocenters. The number of hydrogen-bond donors (Lipinski definition) is 1. The SMILES string of the molecule is CCCOc1ccc(C(F)(F)F)cc1NC(=O)CCC. The van der Waals surface area contributed by atoms with E-state index in [4.69, 9.17) is 4.74 Å². The zero-order valence-corrected chi connectivity index (χ0v) is 11.5. The topological polar surface area (TPSA) is 38.3 Å². The third-order valence-electron chi connectivity index (χ3n) is 2.52. The summed E-state index contributed by atoms with van der Waals surface area (Å²) in [4.78, 5) is 11.6. The van der Waals surface area contributed by atoms with Gasteiger partial charge < -0.3 is 10.1 Å². The third kappa shape index (κ3) is 4.75. The van der Waals surface area contributed by atoms with Crippen LogP contribution < -0.4 is 10.1 Å². The number of halogens is 3. The highest BCUT2D eigenvalue weighted by molar-refractivity contribution is 5.92. The summed E-state index contributed by atoms with van der Waals surface area (Å²) in [6.07, 6.45) is -2.85. The van der Waals surface area contributed by atoms with Crippen molar-refractivity contribution in [3.8, 4) is 5.75 Å². The van der Waals surface area contributed by atoms with Crippen LogP contribution in [0.2, 0.25) is 0 Å². The average molecular weight is 289 g/mol. The maximum Gasteiger partial charge on any atom is 0.416 e. The van der Waals surface area contributed by atoms with Crippen molar-refractivity contribution in [3.63, 3.8) is 0 Å². The van der Waals surface area contributed by atoms with Crippen LogP contribution in [0.1, 0.15) is 38.7 Å². The molecule has 1 aromatic carbocycles. The minimum absolute atomic E-state index is 0.0618. The number of anilines is 1. The number of rotatable bonds is 6. The second kappa shape index (κ2) is 7.17. The van der Waals surface area contributed by atoms with E-state index in [0.717, 1.165) is 18.6 Å². The number of nitrogens with one attached hydrogen (secondary N) is 1. The van der Waals surface area contributed by atoms with Crippen LogP contribution in [0.25, 0.3) is 0 Å². The van der Waals surface area contributed by atoms with Gasteiger partial charge in [-0.25, -0.2) is 0 Å². The normalized spacial score (nSPS) is 11.2. The molecule has 1 rings (SSSR count). The Bertz CT molecular complexity index is 458. The molecule has 0 atom stereocenters. The molecule has 112 valence electrons. The summed E-state index contributed by atoms with van der Waals surface area (Å²) in [7, 11) is 0. The molecule has 0 aliphatic carbocycles. The summed E-state index contributed by atoms with van der Waals surface area (Å²) >= 11 is 0. The van der Waals surface area contributed by atoms with Crippen LogP contribution in [0.3, 0.4) is 0 Å². The standard InChI is InChI=1S/C14H18F3NO2/c1-3-5-13(19)18-11-9-10(14(15,16)17)6-7-12(11)20-8-4-2/h6-7,9H,3-5,8H2,1-2H3,(H,18,19). The molecule has 0 aliphatic heterocycles. The van der Waals surface area contributed by atoms with E-state index in [-0.39, 0.29) is 23.8 Å². The first-order chi connectivity index (χ1) is 9.38. The van der Waals surface area contributed by atoms with E-state index < -0.39 is 11.7 Å². The fourth-order valence-corrected chi connectivity index (χ4v) is 1.58. The van der Waals surface area contributed by atoms with E-state index in [0.29, 0.717) is 13.0 Å². The predicted molar refractivity (Wildman–Crippen MR) is 70.8 cm³/mol. The maximum atomic E-state index is 12.7. The molecule has 0 radical (unpaired) electrons. The number of amides is 1. The lowest BCUT2D eigenvalue weighted by atomic mass is 10.1. The molecule has 0 aromatic heterocycles. The second-order valence-electron chi connectivity index (χ2n) is 4.36. The van der Waals surface area contributed by atoms with E-state index in [1.165, 1.54) is 6.07 Å². The minimum atomic E-state index is -4.45. The van der Waals surface area contributed by atoms with Crippen LogP contribution in [0.4, 0.5) is 18.9 Å². The molecular formula is C14H18F3NO2. The largest absolute Gasteiger partial charge is 0.491 e. The van der Waals surface area contributed by atoms with Gasteiger partial charge in [-0.05, 0) is 31.0 Å². The lowest BCUT2D eigenvalue weighted by molar-refractivity contribution is -0.137. The highest BCUT2D eigenvalue weighted by Gasteiger charge is 2.31. The zero-order valence-electron chi connectivity index (χ0n) is 11.5. The lowest BCUT2D eigenvalue weighted by Crippen LogP contribution is -2.14. The maximum absolute atomic E-state index is 12.7. The molecule has 0 aliphatic rings. The molecular weight excluding hydrogens is 271 g/mol. The molecule has 3 nitrogen and oxygen atoms in total. The first-order valence-electron chi connectivity index (χ1n) is 6.52. The van der Waals surface area contributed by atoms with Gasteiger partial charge >= 0.3 is 6.18 Å². The Morgan fingerprint density at radius 3 is 2.50 bits per heavy atom. The van der Waals surface area contributed by atoms with E-state index in [2.05, 4.69) is 5.32 Å². The van der Waals surface area contributed by atoms with E-state index in [1.54, 1.807) is 0 Å². The van der Waals surface area contributed by atoms with Gasteiger partial charge in [0.05, 0.1) is 17.9 Å². The van der Waals surface area contributed by atoms with Gasteiger partial charge in [-0.3, -0.25) is 4.79 Å². The molecule has 20 heavy (non-hydrogen) atoms. The monoisotopic (exact) mass is 289 g/mol. The zero-order chi connectivity index (χ0) is 15.2. The van der Waals surface area contributed by atoms with Crippen LogP contribution in [-0.4, -0.2) is 12.5 Å². The van der Waals surface area contributed by atoms with Crippen molar-refractivity contribution in [3.05, 3.63) is 23.8 Å². The first kappa shape index (κ1) is 16.3. The molecule has 6 heteroatoms. The first-order valence-corrected chi connectivity index (χ1v) is 6.52. The van der Waals surface area contributed by atoms with Crippen LogP contribution in [0.5, 0.6) is 5.75 Å². The Morgan fingerprint density at radius 2 is 1.95 bits per heavy atom. The van der Waals surface area contributed by atoms with Crippen molar-refractivity contribution in [2.75, 3.05) is 11.9 Å². The molecule has 1 amide bonds. The number of carbonyl (C=O) groups excluding carboxylic acids is 1. The van der Waals surface area contributed by atoms with Crippen molar-refractivity contribution in [1.29, 1.82) is 0 Å². The summed E-state index contributed by atoms with van der Waals surface area (Å²) in [5, 5.41) is 2.47. The van der Waals surface area contributed by atoms with Crippen LogP contribution in [0, 0.1) is 0 Å². The van der Waals surface area contributed by atoms with Crippen LogP contribution in [-0.2, 0) is 11.0 Å². The third-order valence-corrected chi connectivity index (χ3v) is 2.52. The van der Waals surface area contributed by atoms with Crippen molar-refractivity contribution < 1.29 is 22.7 Å². The van der Waals surface area contributed by atoms with Gasteiger partial charge in [0, 0.05) is 6.42 Å². The molecule has 0 bridgehead atoms. The van der Waals surface area contributed by atoms with Gasteiger partial charge in [-0.1, -0.05) is 13.8 Å². The lowest BCUT2D eigenvalue weighted by Gasteiger charge is -2.15. The highest BCUT2D eigenvalue weighted by Crippen LogP contribution is 2.35. The highest BCUT2D eigenvalue weighted by atomic mass is 19.4. The van der Waals surface area contributed by atoms with Gasteiger partial charge in [0.2, 0.25) is 5.91 Å². The molecule has 0 saturated heterocycles. The predicted octanol–water partition coefficient (Wildman–Crippen LogP) is 4.23. The van der Waals surface area contributed by atoms with Gasteiger partial charge in [-0.15, -0.1) is 0 Å². The quantitative estimate of drug-likeness (QED) is 0.851. The van der Waals surface area contributed by atoms with Crippen LogP contribution in [0.15, 0.2) is 18.2 Å². The summed E-state index contributed by atoms with van der Waals surface area (Å²) in [5.41, 5.74) is -0.750. The Morgan fingerprint density at radius 1 is 1.25 bits per heavy atom. The number of ether oxygens (including phenoxy) is 1. The Balaban J connectivity index is 3.02. The van der Waals surface area contributed by atoms with E-state index in [9.17, 15) is 18.0 Å². The van der Waals surface area contributed by atoms with Gasteiger partial charge in [0.1, 0.15) is 5.75 Å². The van der Waals surface area contributed by atoms with Crippen LogP contribution >= 0.6 is 0 Å². The summed E-state index contributed by atoms with van der Waals surface area (Å²) in [5.74, 6) is -0.0718. The summed E-state index contributed by atoms with van der Waals surface area (Å²) in [6.45, 7) is 4.08. The van der Waals surface area contributed by atoms with Crippen molar-refractivity contribution >= 4 is 11.6 Å². The number of carbonyl (C=O) groups is 1. The van der Waals surface area contributed by atoms with Gasteiger partial charge in [-0.2, -0.15) is 13.2 Å². The smallest absolute Gasteiger partial charge is 0.416 e. The Hall–Kier alpha value is -1.72. The van der Waals surface area contributed by atoms with E-state index >= 15 is 0 Å². The Labute approximate surface area is 116 Å². The molecule has 0 saturated carbocycles. The van der Waals surface area contributed by atoms with Crippen molar-refractivity contribution in [1.82, 2.24) is 0 Å². The summed E-state index contributed by atoms with van der Waals surface area (Å²) in [6, 6.07) is 3.08. The molecule has 0 spiro atoms. The molecule has 0 heterocycles. The van der Waals surface area contributed by atoms with Crippen molar-refractivity contribution in [2.45, 2.75) is 39.3 Å². The minimum Gasteiger partial charge on any atom is -0.491 e. The second-order valence-corrected chi connectivity index (χ2v) is 4.36. The number of hydrogen-bond acceptors (Lipinski definition) is 2.